The molecule has 30 heavy (non-hydrogen) atoms. The summed E-state index contributed by atoms with van der Waals surface area (Å²) in [6.45, 7) is 0.939. The Morgan fingerprint density at radius 3 is 2.43 bits per heavy atom. The zero-order valence-electron chi connectivity index (χ0n) is 17.4. The van der Waals surface area contributed by atoms with E-state index in [0.717, 1.165) is 12.0 Å². The van der Waals surface area contributed by atoms with Gasteiger partial charge in [-0.3, -0.25) is 9.59 Å². The van der Waals surface area contributed by atoms with Crippen molar-refractivity contribution < 1.29 is 23.8 Å². The topological polar surface area (TPSA) is 65.1 Å². The fraction of sp³-hybridized carbons (Fsp3) is 0.333. The number of carbonyl (C=O) groups is 2. The van der Waals surface area contributed by atoms with Crippen molar-refractivity contribution in [3.05, 3.63) is 65.7 Å². The molecule has 0 atom stereocenters. The van der Waals surface area contributed by atoms with E-state index in [4.69, 9.17) is 14.2 Å². The number of ether oxygens (including phenoxy) is 3. The molecule has 1 aliphatic rings. The number of aryl methyl sites for hydroxylation is 1. The number of carbonyl (C=O) groups excluding carboxylic acids is 2. The second kappa shape index (κ2) is 10.5. The third kappa shape index (κ3) is 5.63. The fourth-order valence-electron chi connectivity index (χ4n) is 3.40. The van der Waals surface area contributed by atoms with Crippen LogP contribution in [-0.4, -0.2) is 50.7 Å². The molecule has 0 unspecified atom stereocenters. The summed E-state index contributed by atoms with van der Waals surface area (Å²) in [5, 5.41) is 0. The van der Waals surface area contributed by atoms with Gasteiger partial charge >= 0.3 is 5.97 Å². The van der Waals surface area contributed by atoms with Gasteiger partial charge in [0.05, 0.1) is 14.2 Å². The Labute approximate surface area is 177 Å². The van der Waals surface area contributed by atoms with Crippen molar-refractivity contribution in [1.29, 1.82) is 0 Å². The first-order valence-corrected chi connectivity index (χ1v) is 9.99. The Morgan fingerprint density at radius 1 is 1.00 bits per heavy atom. The number of benzene rings is 2. The standard InChI is InChI=1S/C24H27NO5/c1-28-21-10-8-18(16-22(21)29-2)9-11-24(27)30-17-23(26)25-14-12-20(13-15-25)19-6-4-3-5-7-19/h3-8,10,12,16H,9,11,13-15,17H2,1-2H3. The van der Waals surface area contributed by atoms with E-state index in [0.29, 0.717) is 31.0 Å². The minimum absolute atomic E-state index is 0.169. The van der Waals surface area contributed by atoms with Crippen LogP contribution in [0.5, 0.6) is 11.5 Å². The van der Waals surface area contributed by atoms with Gasteiger partial charge in [-0.2, -0.15) is 0 Å². The van der Waals surface area contributed by atoms with Gasteiger partial charge in [0.1, 0.15) is 0 Å². The predicted molar refractivity (Wildman–Crippen MR) is 114 cm³/mol. The molecule has 0 aromatic heterocycles. The van der Waals surface area contributed by atoms with Gasteiger partial charge in [0.25, 0.3) is 5.91 Å². The first-order chi connectivity index (χ1) is 14.6. The molecule has 2 aromatic rings. The van der Waals surface area contributed by atoms with Crippen molar-refractivity contribution in [1.82, 2.24) is 4.90 Å². The van der Waals surface area contributed by atoms with E-state index in [1.54, 1.807) is 25.2 Å². The third-order valence-corrected chi connectivity index (χ3v) is 5.13. The van der Waals surface area contributed by atoms with Gasteiger partial charge < -0.3 is 19.1 Å². The zero-order valence-corrected chi connectivity index (χ0v) is 17.4. The number of esters is 1. The van der Waals surface area contributed by atoms with Gasteiger partial charge in [0.2, 0.25) is 0 Å². The molecule has 0 spiro atoms. The molecule has 1 amide bonds. The van der Waals surface area contributed by atoms with Crippen LogP contribution >= 0.6 is 0 Å². The van der Waals surface area contributed by atoms with E-state index >= 15 is 0 Å². The van der Waals surface area contributed by atoms with Crippen molar-refractivity contribution >= 4 is 17.4 Å². The Balaban J connectivity index is 1.43. The normalized spacial score (nSPS) is 13.4. The van der Waals surface area contributed by atoms with Crippen LogP contribution in [0.1, 0.15) is 24.0 Å². The van der Waals surface area contributed by atoms with E-state index < -0.39 is 5.97 Å². The highest BCUT2D eigenvalue weighted by Gasteiger charge is 2.19. The Morgan fingerprint density at radius 2 is 1.77 bits per heavy atom. The van der Waals surface area contributed by atoms with Crippen molar-refractivity contribution in [2.24, 2.45) is 0 Å². The van der Waals surface area contributed by atoms with E-state index in [-0.39, 0.29) is 18.9 Å². The summed E-state index contributed by atoms with van der Waals surface area (Å²) >= 11 is 0. The molecule has 6 nitrogen and oxygen atoms in total. The molecule has 0 bridgehead atoms. The van der Waals surface area contributed by atoms with Crippen LogP contribution in [0.15, 0.2) is 54.6 Å². The Hall–Kier alpha value is -3.28. The van der Waals surface area contributed by atoms with Crippen LogP contribution in [0, 0.1) is 0 Å². The first kappa shape index (κ1) is 21.4. The maximum absolute atomic E-state index is 12.4. The number of hydrogen-bond donors (Lipinski definition) is 0. The molecule has 0 radical (unpaired) electrons. The fourth-order valence-corrected chi connectivity index (χ4v) is 3.40. The van der Waals surface area contributed by atoms with Crippen LogP contribution < -0.4 is 9.47 Å². The molecule has 1 heterocycles. The van der Waals surface area contributed by atoms with Gasteiger partial charge in [-0.05, 0) is 41.7 Å². The minimum Gasteiger partial charge on any atom is -0.493 e. The van der Waals surface area contributed by atoms with Crippen LogP contribution in [0.2, 0.25) is 0 Å². The lowest BCUT2D eigenvalue weighted by Crippen LogP contribution is -2.37. The zero-order chi connectivity index (χ0) is 21.3. The molecule has 0 saturated heterocycles. The smallest absolute Gasteiger partial charge is 0.306 e. The molecule has 1 aliphatic heterocycles. The summed E-state index contributed by atoms with van der Waals surface area (Å²) in [4.78, 5) is 26.1. The summed E-state index contributed by atoms with van der Waals surface area (Å²) in [6.07, 6.45) is 3.56. The van der Waals surface area contributed by atoms with Crippen molar-refractivity contribution in [2.45, 2.75) is 19.3 Å². The van der Waals surface area contributed by atoms with Gasteiger partial charge in [-0.1, -0.05) is 42.5 Å². The summed E-state index contributed by atoms with van der Waals surface area (Å²) in [6, 6.07) is 15.7. The Bertz CT molecular complexity index is 907. The second-order valence-corrected chi connectivity index (χ2v) is 7.04. The number of methoxy groups -OCH3 is 2. The summed E-state index contributed by atoms with van der Waals surface area (Å²) < 4.78 is 15.7. The molecule has 6 heteroatoms. The second-order valence-electron chi connectivity index (χ2n) is 7.04. The van der Waals surface area contributed by atoms with Crippen molar-refractivity contribution in [3.63, 3.8) is 0 Å². The van der Waals surface area contributed by atoms with E-state index in [1.165, 1.54) is 11.1 Å². The molecule has 0 aliphatic carbocycles. The minimum atomic E-state index is -0.393. The predicted octanol–water partition coefficient (Wildman–Crippen LogP) is 3.50. The van der Waals surface area contributed by atoms with Gasteiger partial charge in [-0.15, -0.1) is 0 Å². The molecule has 0 saturated carbocycles. The van der Waals surface area contributed by atoms with Crippen LogP contribution in [-0.2, 0) is 20.7 Å². The highest BCUT2D eigenvalue weighted by atomic mass is 16.5. The van der Waals surface area contributed by atoms with E-state index in [1.807, 2.05) is 30.3 Å². The largest absolute Gasteiger partial charge is 0.493 e. The molecule has 158 valence electrons. The Kier molecular flexibility index (Phi) is 7.49. The number of rotatable bonds is 8. The molecular weight excluding hydrogens is 382 g/mol. The summed E-state index contributed by atoms with van der Waals surface area (Å²) in [7, 11) is 3.15. The van der Waals surface area contributed by atoms with E-state index in [9.17, 15) is 9.59 Å². The number of nitrogens with zero attached hydrogens (tertiary/aromatic N) is 1. The van der Waals surface area contributed by atoms with Crippen LogP contribution in [0.4, 0.5) is 0 Å². The highest BCUT2D eigenvalue weighted by Crippen LogP contribution is 2.28. The summed E-state index contributed by atoms with van der Waals surface area (Å²) in [5.41, 5.74) is 3.36. The molecular formula is C24H27NO5. The SMILES string of the molecule is COc1ccc(CCC(=O)OCC(=O)N2CC=C(c3ccccc3)CC2)cc1OC. The summed E-state index contributed by atoms with van der Waals surface area (Å²) in [5.74, 6) is 0.695. The molecule has 2 aromatic carbocycles. The van der Waals surface area contributed by atoms with Gasteiger partial charge in [0.15, 0.2) is 18.1 Å². The lowest BCUT2D eigenvalue weighted by atomic mass is 10.00. The quantitative estimate of drug-likeness (QED) is 0.625. The highest BCUT2D eigenvalue weighted by molar-refractivity contribution is 5.82. The third-order valence-electron chi connectivity index (χ3n) is 5.13. The van der Waals surface area contributed by atoms with Crippen molar-refractivity contribution in [3.8, 4) is 11.5 Å². The monoisotopic (exact) mass is 409 g/mol. The number of hydrogen-bond acceptors (Lipinski definition) is 5. The lowest BCUT2D eigenvalue weighted by Gasteiger charge is -2.26. The van der Waals surface area contributed by atoms with Crippen molar-refractivity contribution in [2.75, 3.05) is 33.9 Å². The van der Waals surface area contributed by atoms with Gasteiger partial charge in [0, 0.05) is 19.5 Å². The lowest BCUT2D eigenvalue weighted by molar-refractivity contribution is -0.151. The molecule has 0 fully saturated rings. The average Bonchev–Trinajstić information content (AvgIpc) is 2.81. The van der Waals surface area contributed by atoms with Crippen LogP contribution in [0.3, 0.4) is 0 Å². The van der Waals surface area contributed by atoms with Gasteiger partial charge in [-0.25, -0.2) is 0 Å². The van der Waals surface area contributed by atoms with E-state index in [2.05, 4.69) is 18.2 Å². The molecule has 3 rings (SSSR count). The van der Waals surface area contributed by atoms with Crippen LogP contribution in [0.25, 0.3) is 5.57 Å². The maximum atomic E-state index is 12.4. The average molecular weight is 409 g/mol. The molecule has 0 N–H and O–H groups in total. The number of amides is 1. The first-order valence-electron chi connectivity index (χ1n) is 9.99. The maximum Gasteiger partial charge on any atom is 0.306 e.